The van der Waals surface area contributed by atoms with Crippen molar-refractivity contribution in [3.05, 3.63) is 30.1 Å². The number of hydrogen-bond acceptors (Lipinski definition) is 3. The van der Waals surface area contributed by atoms with Crippen LogP contribution in [0.2, 0.25) is 0 Å². The fraction of sp³-hybridized carbons (Fsp3) is 0.444. The average Bonchev–Trinajstić information content (AvgIpc) is 2.06. The van der Waals surface area contributed by atoms with E-state index in [0.29, 0.717) is 6.61 Å². The molecule has 0 bridgehead atoms. The molecule has 2 N–H and O–H groups in total. The minimum atomic E-state index is -0.115. The van der Waals surface area contributed by atoms with Crippen LogP contribution < -0.4 is 5.90 Å². The van der Waals surface area contributed by atoms with E-state index in [1.54, 1.807) is 6.20 Å². The molecule has 12 heavy (non-hydrogen) atoms. The molecule has 0 saturated heterocycles. The standard InChI is InChI=1S/C9H14N2O/c1-9(2,7-12-10)8-5-3-4-6-11-8/h3-6H,7,10H2,1-2H3. The van der Waals surface area contributed by atoms with Crippen molar-refractivity contribution in [3.8, 4) is 0 Å². The molecule has 0 aliphatic rings. The van der Waals surface area contributed by atoms with Crippen LogP contribution in [0, 0.1) is 0 Å². The minimum Gasteiger partial charge on any atom is -0.304 e. The molecule has 1 heterocycles. The Kier molecular flexibility index (Phi) is 2.78. The smallest absolute Gasteiger partial charge is 0.0785 e. The van der Waals surface area contributed by atoms with Gasteiger partial charge in [0.2, 0.25) is 0 Å². The van der Waals surface area contributed by atoms with Crippen LogP contribution in [0.1, 0.15) is 19.5 Å². The van der Waals surface area contributed by atoms with E-state index in [9.17, 15) is 0 Å². The number of nitrogens with two attached hydrogens (primary N) is 1. The Balaban J connectivity index is 2.82. The summed E-state index contributed by atoms with van der Waals surface area (Å²) in [5.41, 5.74) is 0.881. The molecular weight excluding hydrogens is 152 g/mol. The van der Waals surface area contributed by atoms with E-state index < -0.39 is 0 Å². The lowest BCUT2D eigenvalue weighted by Crippen LogP contribution is -2.27. The van der Waals surface area contributed by atoms with Gasteiger partial charge in [-0.05, 0) is 12.1 Å². The summed E-state index contributed by atoms with van der Waals surface area (Å²) in [6, 6.07) is 5.82. The molecule has 0 saturated carbocycles. The van der Waals surface area contributed by atoms with E-state index in [2.05, 4.69) is 9.82 Å². The predicted octanol–water partition coefficient (Wildman–Crippen LogP) is 1.25. The van der Waals surface area contributed by atoms with E-state index in [4.69, 9.17) is 5.90 Å². The molecular formula is C9H14N2O. The monoisotopic (exact) mass is 166 g/mol. The third-order valence-electron chi connectivity index (χ3n) is 1.80. The zero-order valence-electron chi connectivity index (χ0n) is 7.45. The number of rotatable bonds is 3. The predicted molar refractivity (Wildman–Crippen MR) is 47.4 cm³/mol. The normalized spacial score (nSPS) is 11.6. The minimum absolute atomic E-state index is 0.115. The number of hydrogen-bond donors (Lipinski definition) is 1. The molecule has 1 aromatic heterocycles. The molecule has 0 radical (unpaired) electrons. The Labute approximate surface area is 72.5 Å². The largest absolute Gasteiger partial charge is 0.304 e. The van der Waals surface area contributed by atoms with Crippen molar-refractivity contribution in [3.63, 3.8) is 0 Å². The summed E-state index contributed by atoms with van der Waals surface area (Å²) in [4.78, 5) is 8.85. The molecule has 0 amide bonds. The van der Waals surface area contributed by atoms with E-state index in [1.165, 1.54) is 0 Å². The summed E-state index contributed by atoms with van der Waals surface area (Å²) in [7, 11) is 0. The SMILES string of the molecule is CC(C)(CON)c1ccccn1. The third-order valence-corrected chi connectivity index (χ3v) is 1.80. The maximum absolute atomic E-state index is 5.02. The molecule has 3 heteroatoms. The molecule has 0 spiro atoms. The highest BCUT2D eigenvalue weighted by Crippen LogP contribution is 2.19. The second-order valence-corrected chi connectivity index (χ2v) is 3.41. The Morgan fingerprint density at radius 1 is 1.50 bits per heavy atom. The van der Waals surface area contributed by atoms with Gasteiger partial charge in [0.05, 0.1) is 6.61 Å². The molecule has 66 valence electrons. The van der Waals surface area contributed by atoms with Gasteiger partial charge >= 0.3 is 0 Å². The molecule has 0 fully saturated rings. The molecule has 3 nitrogen and oxygen atoms in total. The molecule has 0 atom stereocenters. The fourth-order valence-electron chi connectivity index (χ4n) is 1.05. The summed E-state index contributed by atoms with van der Waals surface area (Å²) in [5.74, 6) is 5.02. The van der Waals surface area contributed by atoms with E-state index in [1.807, 2.05) is 32.0 Å². The zero-order chi connectivity index (χ0) is 9.03. The van der Waals surface area contributed by atoms with Crippen LogP contribution >= 0.6 is 0 Å². The third kappa shape index (κ3) is 2.03. The fourth-order valence-corrected chi connectivity index (χ4v) is 1.05. The van der Waals surface area contributed by atoms with Crippen molar-refractivity contribution >= 4 is 0 Å². The molecule has 0 aliphatic carbocycles. The van der Waals surface area contributed by atoms with Crippen LogP contribution in [0.3, 0.4) is 0 Å². The highest BCUT2D eigenvalue weighted by molar-refractivity contribution is 5.14. The van der Waals surface area contributed by atoms with Gasteiger partial charge < -0.3 is 4.84 Å². The van der Waals surface area contributed by atoms with Crippen molar-refractivity contribution in [1.29, 1.82) is 0 Å². The van der Waals surface area contributed by atoms with Crippen LogP contribution in [0.25, 0.3) is 0 Å². The topological polar surface area (TPSA) is 48.1 Å². The summed E-state index contributed by atoms with van der Waals surface area (Å²) in [5, 5.41) is 0. The Bertz CT molecular complexity index is 234. The van der Waals surface area contributed by atoms with Crippen LogP contribution in [0.15, 0.2) is 24.4 Å². The van der Waals surface area contributed by atoms with Crippen molar-refractivity contribution in [2.45, 2.75) is 19.3 Å². The van der Waals surface area contributed by atoms with Gasteiger partial charge in [0.25, 0.3) is 0 Å². The molecule has 1 rings (SSSR count). The molecule has 0 unspecified atom stereocenters. The number of pyridine rings is 1. The lowest BCUT2D eigenvalue weighted by Gasteiger charge is -2.21. The first-order valence-corrected chi connectivity index (χ1v) is 3.90. The van der Waals surface area contributed by atoms with Gasteiger partial charge in [-0.25, -0.2) is 5.90 Å². The molecule has 0 aromatic carbocycles. The summed E-state index contributed by atoms with van der Waals surface area (Å²) >= 11 is 0. The number of aromatic nitrogens is 1. The Morgan fingerprint density at radius 3 is 2.75 bits per heavy atom. The zero-order valence-corrected chi connectivity index (χ0v) is 7.45. The summed E-state index contributed by atoms with van der Waals surface area (Å²) in [6.07, 6.45) is 1.77. The van der Waals surface area contributed by atoms with Crippen LogP contribution in [0.4, 0.5) is 0 Å². The van der Waals surface area contributed by atoms with Gasteiger partial charge in [-0.1, -0.05) is 19.9 Å². The Morgan fingerprint density at radius 2 is 2.25 bits per heavy atom. The first-order chi connectivity index (χ1) is 5.67. The van der Waals surface area contributed by atoms with Gasteiger partial charge in [0.1, 0.15) is 0 Å². The van der Waals surface area contributed by atoms with Crippen molar-refractivity contribution in [2.75, 3.05) is 6.61 Å². The first kappa shape index (κ1) is 9.16. The van der Waals surface area contributed by atoms with Gasteiger partial charge in [-0.3, -0.25) is 4.98 Å². The van der Waals surface area contributed by atoms with Crippen molar-refractivity contribution in [2.24, 2.45) is 5.90 Å². The second-order valence-electron chi connectivity index (χ2n) is 3.41. The van der Waals surface area contributed by atoms with E-state index >= 15 is 0 Å². The van der Waals surface area contributed by atoms with Crippen molar-refractivity contribution < 1.29 is 4.84 Å². The van der Waals surface area contributed by atoms with Gasteiger partial charge in [0.15, 0.2) is 0 Å². The van der Waals surface area contributed by atoms with E-state index in [0.717, 1.165) is 5.69 Å². The highest BCUT2D eigenvalue weighted by atomic mass is 16.6. The highest BCUT2D eigenvalue weighted by Gasteiger charge is 2.21. The summed E-state index contributed by atoms with van der Waals surface area (Å²) < 4.78 is 0. The lowest BCUT2D eigenvalue weighted by molar-refractivity contribution is 0.0949. The van der Waals surface area contributed by atoms with Crippen LogP contribution in [-0.2, 0) is 10.3 Å². The van der Waals surface area contributed by atoms with Crippen molar-refractivity contribution in [1.82, 2.24) is 4.98 Å². The number of nitrogens with zero attached hydrogens (tertiary/aromatic N) is 1. The van der Waals surface area contributed by atoms with Crippen LogP contribution in [0.5, 0.6) is 0 Å². The molecule has 1 aromatic rings. The lowest BCUT2D eigenvalue weighted by atomic mass is 9.90. The van der Waals surface area contributed by atoms with Gasteiger partial charge in [-0.2, -0.15) is 0 Å². The second kappa shape index (κ2) is 3.65. The average molecular weight is 166 g/mol. The quantitative estimate of drug-likeness (QED) is 0.687. The maximum atomic E-state index is 5.02. The first-order valence-electron chi connectivity index (χ1n) is 3.90. The maximum Gasteiger partial charge on any atom is 0.0785 e. The van der Waals surface area contributed by atoms with Crippen LogP contribution in [-0.4, -0.2) is 11.6 Å². The van der Waals surface area contributed by atoms with Gasteiger partial charge in [0, 0.05) is 17.3 Å². The molecule has 0 aliphatic heterocycles. The summed E-state index contributed by atoms with van der Waals surface area (Å²) in [6.45, 7) is 4.56. The van der Waals surface area contributed by atoms with Gasteiger partial charge in [-0.15, -0.1) is 0 Å². The Hall–Kier alpha value is -0.930. The van der Waals surface area contributed by atoms with E-state index in [-0.39, 0.29) is 5.41 Å².